The van der Waals surface area contributed by atoms with E-state index in [9.17, 15) is 14.4 Å². The second-order valence-corrected chi connectivity index (χ2v) is 12.4. The van der Waals surface area contributed by atoms with Gasteiger partial charge in [-0.1, -0.05) is 93.6 Å². The number of aromatic nitrogens is 2. The molecule has 2 aliphatic rings. The Kier molecular flexibility index (Phi) is 7.61. The van der Waals surface area contributed by atoms with Crippen molar-refractivity contribution < 1.29 is 19.1 Å². The van der Waals surface area contributed by atoms with Crippen molar-refractivity contribution in [1.29, 1.82) is 0 Å². The summed E-state index contributed by atoms with van der Waals surface area (Å²) in [4.78, 5) is 47.5. The fraction of sp³-hybridized carbons (Fsp3) is 0.314. The number of imide groups is 1. The van der Waals surface area contributed by atoms with Crippen molar-refractivity contribution in [2.75, 3.05) is 19.7 Å². The fourth-order valence-corrected chi connectivity index (χ4v) is 6.11. The Bertz CT molecular complexity index is 1610. The van der Waals surface area contributed by atoms with Crippen LogP contribution in [-0.4, -0.2) is 57.0 Å². The minimum Gasteiger partial charge on any atom is -0.449 e. The summed E-state index contributed by atoms with van der Waals surface area (Å²) < 4.78 is 7.88. The highest BCUT2D eigenvalue weighted by Gasteiger charge is 2.43. The number of amides is 3. The molecule has 4 aromatic rings. The summed E-state index contributed by atoms with van der Waals surface area (Å²) in [6.07, 6.45) is 2.21. The molecule has 1 unspecified atom stereocenters. The van der Waals surface area contributed by atoms with Crippen LogP contribution in [0.1, 0.15) is 65.3 Å². The van der Waals surface area contributed by atoms with Gasteiger partial charge in [0.25, 0.3) is 11.8 Å². The molecule has 0 saturated carbocycles. The van der Waals surface area contributed by atoms with E-state index < -0.39 is 0 Å². The van der Waals surface area contributed by atoms with E-state index in [1.165, 1.54) is 4.90 Å². The third kappa shape index (κ3) is 5.69. The molecule has 0 N–H and O–H groups in total. The molecule has 0 radical (unpaired) electrons. The van der Waals surface area contributed by atoms with Gasteiger partial charge in [0.15, 0.2) is 0 Å². The maximum absolute atomic E-state index is 13.4. The van der Waals surface area contributed by atoms with Gasteiger partial charge in [-0.2, -0.15) is 0 Å². The Hall–Kier alpha value is -4.72. The molecule has 0 bridgehead atoms. The Morgan fingerprint density at radius 1 is 0.860 bits per heavy atom. The molecule has 3 aromatic carbocycles. The van der Waals surface area contributed by atoms with Crippen molar-refractivity contribution >= 4 is 17.9 Å². The zero-order valence-electron chi connectivity index (χ0n) is 24.8. The first-order valence-corrected chi connectivity index (χ1v) is 14.8. The molecule has 3 amide bonds. The average Bonchev–Trinajstić information content (AvgIpc) is 3.51. The number of benzene rings is 3. The maximum atomic E-state index is 13.4. The molecule has 1 saturated heterocycles. The summed E-state index contributed by atoms with van der Waals surface area (Å²) in [5.41, 5.74) is 3.48. The van der Waals surface area contributed by atoms with E-state index >= 15 is 0 Å². The van der Waals surface area contributed by atoms with Crippen LogP contribution >= 0.6 is 0 Å². The Morgan fingerprint density at radius 2 is 1.47 bits per heavy atom. The van der Waals surface area contributed by atoms with Crippen molar-refractivity contribution in [3.05, 3.63) is 114 Å². The van der Waals surface area contributed by atoms with Crippen LogP contribution in [-0.2, 0) is 11.3 Å². The zero-order chi connectivity index (χ0) is 30.1. The lowest BCUT2D eigenvalue weighted by Crippen LogP contribution is -2.49. The molecular weight excluding hydrogens is 540 g/mol. The van der Waals surface area contributed by atoms with Gasteiger partial charge in [0, 0.05) is 37.3 Å². The van der Waals surface area contributed by atoms with Gasteiger partial charge in [-0.15, -0.1) is 0 Å². The largest absolute Gasteiger partial charge is 0.449 e. The Balaban J connectivity index is 1.28. The summed E-state index contributed by atoms with van der Waals surface area (Å²) >= 11 is 0. The number of fused-ring (bicyclic) bond motifs is 1. The van der Waals surface area contributed by atoms with Gasteiger partial charge in [-0.05, 0) is 29.5 Å². The van der Waals surface area contributed by atoms with Crippen LogP contribution in [0.2, 0.25) is 0 Å². The standard InChI is InChI=1S/C35H36N4O4/c1-35(2,3)30(31-36-29(26-14-8-5-9-15-26)22-37(31)20-24-12-6-4-7-13-24)39-21-25(23-43-34(39)42)18-19-38-32(40)27-16-10-11-17-28(27)33(38)41/h4-17,22,25,30H,18-21,23H2,1-3H3/t25?,30-/m0/s1. The van der Waals surface area contributed by atoms with Gasteiger partial charge in [0.1, 0.15) is 5.82 Å². The van der Waals surface area contributed by atoms with Crippen molar-refractivity contribution in [2.45, 2.75) is 39.8 Å². The number of imidazole rings is 1. The summed E-state index contributed by atoms with van der Waals surface area (Å²) in [7, 11) is 0. The van der Waals surface area contributed by atoms with E-state index in [1.807, 2.05) is 48.5 Å². The first kappa shape index (κ1) is 28.4. The SMILES string of the molecule is CC(C)(C)[C@H](c1nc(-c2ccccc2)cn1Cc1ccccc1)N1CC(CCN2C(=O)c3ccccc3C2=O)COC1=O. The number of hydrogen-bond donors (Lipinski definition) is 0. The highest BCUT2D eigenvalue weighted by atomic mass is 16.6. The van der Waals surface area contributed by atoms with Gasteiger partial charge in [-0.25, -0.2) is 9.78 Å². The number of carbonyl (C=O) groups is 3. The quantitative estimate of drug-likeness (QED) is 0.225. The molecule has 8 nitrogen and oxygen atoms in total. The topological polar surface area (TPSA) is 84.7 Å². The number of rotatable bonds is 8. The van der Waals surface area contributed by atoms with Gasteiger partial charge < -0.3 is 9.30 Å². The molecule has 43 heavy (non-hydrogen) atoms. The number of cyclic esters (lactones) is 1. The summed E-state index contributed by atoms with van der Waals surface area (Å²) in [6, 6.07) is 26.8. The Labute approximate surface area is 251 Å². The Morgan fingerprint density at radius 3 is 2.09 bits per heavy atom. The van der Waals surface area contributed by atoms with Crippen molar-refractivity contribution in [3.63, 3.8) is 0 Å². The maximum Gasteiger partial charge on any atom is 0.410 e. The van der Waals surface area contributed by atoms with Gasteiger partial charge in [0.2, 0.25) is 0 Å². The summed E-state index contributed by atoms with van der Waals surface area (Å²) in [5, 5.41) is 0. The number of ether oxygens (including phenoxy) is 1. The molecule has 3 heterocycles. The fourth-order valence-electron chi connectivity index (χ4n) is 6.11. The first-order chi connectivity index (χ1) is 20.7. The number of carbonyl (C=O) groups excluding carboxylic acids is 3. The van der Waals surface area contributed by atoms with Crippen LogP contribution < -0.4 is 0 Å². The first-order valence-electron chi connectivity index (χ1n) is 14.8. The minimum atomic E-state index is -0.386. The van der Waals surface area contributed by atoms with E-state index in [4.69, 9.17) is 9.72 Å². The summed E-state index contributed by atoms with van der Waals surface area (Å²) in [5.74, 6) is 0.189. The van der Waals surface area contributed by atoms with Crippen LogP contribution in [0, 0.1) is 11.3 Å². The van der Waals surface area contributed by atoms with E-state index in [2.05, 4.69) is 43.7 Å². The third-order valence-electron chi connectivity index (χ3n) is 8.22. The molecule has 8 heteroatoms. The van der Waals surface area contributed by atoms with E-state index in [0.717, 1.165) is 22.6 Å². The smallest absolute Gasteiger partial charge is 0.410 e. The predicted molar refractivity (Wildman–Crippen MR) is 163 cm³/mol. The molecule has 1 fully saturated rings. The lowest BCUT2D eigenvalue weighted by Gasteiger charge is -2.43. The normalized spacial score (nSPS) is 17.7. The number of nitrogens with zero attached hydrogens (tertiary/aromatic N) is 4. The monoisotopic (exact) mass is 576 g/mol. The van der Waals surface area contributed by atoms with E-state index in [-0.39, 0.29) is 48.4 Å². The van der Waals surface area contributed by atoms with Crippen molar-refractivity contribution in [1.82, 2.24) is 19.4 Å². The number of hydrogen-bond acceptors (Lipinski definition) is 5. The third-order valence-corrected chi connectivity index (χ3v) is 8.22. The lowest BCUT2D eigenvalue weighted by molar-refractivity contribution is -0.00451. The van der Waals surface area contributed by atoms with Gasteiger partial charge in [0.05, 0.1) is 29.5 Å². The van der Waals surface area contributed by atoms with Crippen LogP contribution in [0.3, 0.4) is 0 Å². The molecule has 2 aliphatic heterocycles. The second-order valence-electron chi connectivity index (χ2n) is 12.4. The molecule has 2 atom stereocenters. The van der Waals surface area contributed by atoms with Gasteiger partial charge in [-0.3, -0.25) is 19.4 Å². The van der Waals surface area contributed by atoms with Crippen LogP contribution in [0.25, 0.3) is 11.3 Å². The van der Waals surface area contributed by atoms with Crippen molar-refractivity contribution in [3.8, 4) is 11.3 Å². The minimum absolute atomic E-state index is 0.0574. The zero-order valence-corrected chi connectivity index (χ0v) is 24.8. The molecule has 0 aliphatic carbocycles. The molecule has 0 spiro atoms. The molecule has 220 valence electrons. The molecule has 1 aromatic heterocycles. The average molecular weight is 577 g/mol. The van der Waals surface area contributed by atoms with Gasteiger partial charge >= 0.3 is 6.09 Å². The van der Waals surface area contributed by atoms with Crippen LogP contribution in [0.4, 0.5) is 4.79 Å². The van der Waals surface area contributed by atoms with Crippen LogP contribution in [0.5, 0.6) is 0 Å². The highest BCUT2D eigenvalue weighted by Crippen LogP contribution is 2.41. The van der Waals surface area contributed by atoms with Crippen molar-refractivity contribution in [2.24, 2.45) is 11.3 Å². The second kappa shape index (κ2) is 11.5. The van der Waals surface area contributed by atoms with E-state index in [0.29, 0.717) is 30.6 Å². The molecule has 6 rings (SSSR count). The predicted octanol–water partition coefficient (Wildman–Crippen LogP) is 6.44. The van der Waals surface area contributed by atoms with E-state index in [1.54, 1.807) is 29.2 Å². The molecular formula is C35H36N4O4. The lowest BCUT2D eigenvalue weighted by atomic mass is 9.84. The summed E-state index contributed by atoms with van der Waals surface area (Å²) in [6.45, 7) is 7.87. The van der Waals surface area contributed by atoms with Crippen LogP contribution in [0.15, 0.2) is 91.1 Å². The highest BCUT2D eigenvalue weighted by molar-refractivity contribution is 6.21.